The number of hydrogen-bond acceptors (Lipinski definition) is 4. The fourth-order valence-corrected chi connectivity index (χ4v) is 3.41. The molecule has 2 aliphatic heterocycles. The molecule has 2 heterocycles. The Morgan fingerprint density at radius 3 is 2.42 bits per heavy atom. The zero-order chi connectivity index (χ0) is 16.2. The van der Waals surface area contributed by atoms with Crippen molar-refractivity contribution in [2.75, 3.05) is 51.2 Å². The summed E-state index contributed by atoms with van der Waals surface area (Å²) in [6, 6.07) is 9.80. The van der Waals surface area contributed by atoms with Crippen molar-refractivity contribution in [3.05, 3.63) is 30.3 Å². The number of benzene rings is 1. The lowest BCUT2D eigenvalue weighted by molar-refractivity contribution is -0.132. The van der Waals surface area contributed by atoms with E-state index in [9.17, 15) is 9.59 Å². The maximum absolute atomic E-state index is 12.7. The first kappa shape index (κ1) is 18.7. The Kier molecular flexibility index (Phi) is 6.60. The van der Waals surface area contributed by atoms with E-state index in [1.54, 1.807) is 7.05 Å². The average Bonchev–Trinajstić information content (AvgIpc) is 2.97. The highest BCUT2D eigenvalue weighted by Gasteiger charge is 2.38. The van der Waals surface area contributed by atoms with Gasteiger partial charge in [-0.15, -0.1) is 12.4 Å². The van der Waals surface area contributed by atoms with Crippen LogP contribution in [0.15, 0.2) is 30.3 Å². The zero-order valence-electron chi connectivity index (χ0n) is 14.0. The van der Waals surface area contributed by atoms with Crippen LogP contribution in [0.3, 0.4) is 0 Å². The Bertz CT molecular complexity index is 561. The summed E-state index contributed by atoms with van der Waals surface area (Å²) in [7, 11) is 1.78. The first-order chi connectivity index (χ1) is 11.2. The maximum atomic E-state index is 12.7. The topological polar surface area (TPSA) is 55.9 Å². The van der Waals surface area contributed by atoms with Crippen LogP contribution in [-0.2, 0) is 9.59 Å². The highest BCUT2D eigenvalue weighted by Crippen LogP contribution is 2.24. The number of piperazine rings is 1. The molecular formula is C17H25ClN4O2. The lowest BCUT2D eigenvalue weighted by Gasteiger charge is -2.37. The van der Waals surface area contributed by atoms with E-state index in [1.807, 2.05) is 40.1 Å². The quantitative estimate of drug-likeness (QED) is 0.861. The van der Waals surface area contributed by atoms with Crippen LogP contribution in [0.25, 0.3) is 0 Å². The van der Waals surface area contributed by atoms with Gasteiger partial charge in [0.05, 0.1) is 12.6 Å². The van der Waals surface area contributed by atoms with Gasteiger partial charge in [0.25, 0.3) is 0 Å². The number of nitrogens with zero attached hydrogens (tertiary/aromatic N) is 3. The molecule has 1 atom stereocenters. The molecule has 2 aliphatic rings. The van der Waals surface area contributed by atoms with Crippen LogP contribution in [0.4, 0.5) is 5.69 Å². The summed E-state index contributed by atoms with van der Waals surface area (Å²) in [6.45, 7) is 4.10. The second kappa shape index (κ2) is 8.46. The number of amides is 2. The van der Waals surface area contributed by atoms with E-state index < -0.39 is 0 Å². The molecule has 132 valence electrons. The molecule has 1 unspecified atom stereocenters. The fraction of sp³-hybridized carbons (Fsp3) is 0.529. The Morgan fingerprint density at radius 2 is 1.79 bits per heavy atom. The number of nitrogens with one attached hydrogen (secondary N) is 1. The van der Waals surface area contributed by atoms with E-state index in [2.05, 4.69) is 10.2 Å². The summed E-state index contributed by atoms with van der Waals surface area (Å²) in [5, 5.41) is 2.90. The molecule has 1 aromatic rings. The first-order valence-electron chi connectivity index (χ1n) is 8.23. The summed E-state index contributed by atoms with van der Waals surface area (Å²) in [5.41, 5.74) is 0.975. The molecule has 2 amide bonds. The van der Waals surface area contributed by atoms with Crippen LogP contribution in [0.5, 0.6) is 0 Å². The Morgan fingerprint density at radius 1 is 1.12 bits per heavy atom. The van der Waals surface area contributed by atoms with Crippen LogP contribution in [0.2, 0.25) is 0 Å². The average molecular weight is 353 g/mol. The van der Waals surface area contributed by atoms with E-state index in [4.69, 9.17) is 0 Å². The Balaban J connectivity index is 0.00000208. The van der Waals surface area contributed by atoms with Crippen molar-refractivity contribution in [3.8, 4) is 0 Å². The smallest absolute Gasteiger partial charge is 0.244 e. The summed E-state index contributed by atoms with van der Waals surface area (Å²) >= 11 is 0. The molecule has 6 nitrogen and oxygen atoms in total. The summed E-state index contributed by atoms with van der Waals surface area (Å²) < 4.78 is 0. The molecule has 0 bridgehead atoms. The Labute approximate surface area is 149 Å². The number of halogens is 1. The van der Waals surface area contributed by atoms with Gasteiger partial charge in [-0.1, -0.05) is 18.2 Å². The van der Waals surface area contributed by atoms with Gasteiger partial charge in [0.2, 0.25) is 11.8 Å². The van der Waals surface area contributed by atoms with Crippen molar-refractivity contribution in [2.24, 2.45) is 0 Å². The number of carbonyl (C=O) groups is 2. The molecule has 0 spiro atoms. The van der Waals surface area contributed by atoms with Gasteiger partial charge in [0.15, 0.2) is 0 Å². The minimum Gasteiger partial charge on any atom is -0.339 e. The minimum atomic E-state index is -0.0447. The second-order valence-electron chi connectivity index (χ2n) is 6.08. The Hall–Kier alpha value is -1.63. The third-order valence-electron chi connectivity index (χ3n) is 4.68. The van der Waals surface area contributed by atoms with Gasteiger partial charge in [0, 0.05) is 38.4 Å². The molecular weight excluding hydrogens is 328 g/mol. The molecule has 3 rings (SSSR count). The number of anilines is 1. The van der Waals surface area contributed by atoms with Crippen molar-refractivity contribution < 1.29 is 9.59 Å². The highest BCUT2D eigenvalue weighted by atomic mass is 35.5. The van der Waals surface area contributed by atoms with Gasteiger partial charge in [-0.05, 0) is 25.6 Å². The van der Waals surface area contributed by atoms with Gasteiger partial charge >= 0.3 is 0 Å². The highest BCUT2D eigenvalue weighted by molar-refractivity contribution is 5.99. The predicted molar refractivity (Wildman–Crippen MR) is 96.5 cm³/mol. The SMILES string of the molecule is CNCC(=O)N1CCN(C2CCN(c3ccccc3)C2=O)CC1.Cl. The van der Waals surface area contributed by atoms with E-state index >= 15 is 0 Å². The van der Waals surface area contributed by atoms with Crippen molar-refractivity contribution in [3.63, 3.8) is 0 Å². The molecule has 0 radical (unpaired) electrons. The number of carbonyl (C=O) groups excluding carboxylic acids is 2. The molecule has 24 heavy (non-hydrogen) atoms. The third-order valence-corrected chi connectivity index (χ3v) is 4.68. The summed E-state index contributed by atoms with van der Waals surface area (Å²) in [5.74, 6) is 0.321. The normalized spacial score (nSPS) is 21.7. The molecule has 0 aliphatic carbocycles. The molecule has 0 saturated carbocycles. The molecule has 2 fully saturated rings. The second-order valence-corrected chi connectivity index (χ2v) is 6.08. The van der Waals surface area contributed by atoms with Crippen molar-refractivity contribution in [1.29, 1.82) is 0 Å². The number of para-hydroxylation sites is 1. The standard InChI is InChI=1S/C17H24N4O2.ClH/c1-18-13-16(22)20-11-9-19(10-12-20)15-7-8-21(17(15)23)14-5-3-2-4-6-14;/h2-6,15,18H,7-13H2,1H3;1H. The van der Waals surface area contributed by atoms with Crippen LogP contribution in [-0.4, -0.2) is 74.0 Å². The number of rotatable bonds is 4. The third kappa shape index (κ3) is 3.88. The molecule has 1 aromatic carbocycles. The predicted octanol–water partition coefficient (Wildman–Crippen LogP) is 0.577. The van der Waals surface area contributed by atoms with E-state index in [0.717, 1.165) is 31.7 Å². The molecule has 1 N–H and O–H groups in total. The first-order valence-corrected chi connectivity index (χ1v) is 8.23. The van der Waals surface area contributed by atoms with Crippen LogP contribution < -0.4 is 10.2 Å². The molecule has 2 saturated heterocycles. The van der Waals surface area contributed by atoms with Crippen molar-refractivity contribution in [2.45, 2.75) is 12.5 Å². The van der Waals surface area contributed by atoms with Gasteiger partial charge in [-0.25, -0.2) is 0 Å². The van der Waals surface area contributed by atoms with Crippen molar-refractivity contribution in [1.82, 2.24) is 15.1 Å². The van der Waals surface area contributed by atoms with E-state index in [0.29, 0.717) is 19.6 Å². The maximum Gasteiger partial charge on any atom is 0.244 e. The largest absolute Gasteiger partial charge is 0.339 e. The van der Waals surface area contributed by atoms with Crippen LogP contribution in [0, 0.1) is 0 Å². The van der Waals surface area contributed by atoms with Crippen molar-refractivity contribution >= 4 is 29.9 Å². The lowest BCUT2D eigenvalue weighted by Crippen LogP contribution is -2.54. The van der Waals surface area contributed by atoms with Gasteiger partial charge in [-0.3, -0.25) is 14.5 Å². The molecule has 0 aromatic heterocycles. The van der Waals surface area contributed by atoms with Crippen LogP contribution >= 0.6 is 12.4 Å². The minimum absolute atomic E-state index is 0. The fourth-order valence-electron chi connectivity index (χ4n) is 3.41. The number of likely N-dealkylation sites (N-methyl/N-ethyl adjacent to an activating group) is 1. The van der Waals surface area contributed by atoms with Gasteiger partial charge < -0.3 is 15.1 Å². The molecule has 7 heteroatoms. The lowest BCUT2D eigenvalue weighted by atomic mass is 10.1. The summed E-state index contributed by atoms with van der Waals surface area (Å²) in [6.07, 6.45) is 0.859. The monoisotopic (exact) mass is 352 g/mol. The zero-order valence-corrected chi connectivity index (χ0v) is 14.8. The number of hydrogen-bond donors (Lipinski definition) is 1. The van der Waals surface area contributed by atoms with Gasteiger partial charge in [-0.2, -0.15) is 0 Å². The van der Waals surface area contributed by atoms with E-state index in [1.165, 1.54) is 0 Å². The van der Waals surface area contributed by atoms with E-state index in [-0.39, 0.29) is 30.3 Å². The van der Waals surface area contributed by atoms with Gasteiger partial charge in [0.1, 0.15) is 0 Å². The summed E-state index contributed by atoms with van der Waals surface area (Å²) in [4.78, 5) is 30.6. The van der Waals surface area contributed by atoms with Crippen LogP contribution in [0.1, 0.15) is 6.42 Å².